The van der Waals surface area contributed by atoms with Gasteiger partial charge in [0, 0.05) is 31.2 Å². The van der Waals surface area contributed by atoms with E-state index in [1.54, 1.807) is 16.0 Å². The highest BCUT2D eigenvalue weighted by molar-refractivity contribution is 7.15. The van der Waals surface area contributed by atoms with Crippen LogP contribution in [0.3, 0.4) is 0 Å². The minimum Gasteiger partial charge on any atom is -0.375 e. The van der Waals surface area contributed by atoms with Crippen LogP contribution in [0.1, 0.15) is 4.88 Å². The standard InChI is InChI=1S/C8H12N4OS/c1-11-2-3-12(8(11)13)5-6-4-10-7(9)14-6/h4H,2-3,5H2,1H3,(H2,9,10). The molecule has 2 heterocycles. The number of urea groups is 1. The maximum absolute atomic E-state index is 11.5. The van der Waals surface area contributed by atoms with Gasteiger partial charge in [-0.3, -0.25) is 0 Å². The van der Waals surface area contributed by atoms with Crippen LogP contribution in [0.4, 0.5) is 9.93 Å². The summed E-state index contributed by atoms with van der Waals surface area (Å²) in [5.41, 5.74) is 5.51. The van der Waals surface area contributed by atoms with E-state index in [9.17, 15) is 4.79 Å². The Kier molecular flexibility index (Phi) is 2.28. The lowest BCUT2D eigenvalue weighted by Gasteiger charge is -2.13. The molecule has 14 heavy (non-hydrogen) atoms. The summed E-state index contributed by atoms with van der Waals surface area (Å²) in [5, 5.41) is 0.556. The van der Waals surface area contributed by atoms with Gasteiger partial charge in [0.15, 0.2) is 5.13 Å². The number of carbonyl (C=O) groups excluding carboxylic acids is 1. The van der Waals surface area contributed by atoms with Gasteiger partial charge in [0.1, 0.15) is 0 Å². The Morgan fingerprint density at radius 3 is 2.93 bits per heavy atom. The first-order valence-electron chi connectivity index (χ1n) is 4.37. The Labute approximate surface area is 86.1 Å². The zero-order valence-electron chi connectivity index (χ0n) is 7.93. The van der Waals surface area contributed by atoms with E-state index in [1.165, 1.54) is 11.3 Å². The van der Waals surface area contributed by atoms with Crippen molar-refractivity contribution in [2.45, 2.75) is 6.54 Å². The molecule has 1 aliphatic heterocycles. The number of amides is 2. The second-order valence-corrected chi connectivity index (χ2v) is 4.44. The number of nitrogens with two attached hydrogens (primary N) is 1. The maximum atomic E-state index is 11.5. The second kappa shape index (κ2) is 3.45. The van der Waals surface area contributed by atoms with Crippen LogP contribution in [0.2, 0.25) is 0 Å². The Morgan fingerprint density at radius 1 is 1.64 bits per heavy atom. The topological polar surface area (TPSA) is 62.5 Å². The smallest absolute Gasteiger partial charge is 0.320 e. The summed E-state index contributed by atoms with van der Waals surface area (Å²) in [4.78, 5) is 20.0. The average molecular weight is 212 g/mol. The number of anilines is 1. The number of hydrogen-bond acceptors (Lipinski definition) is 4. The lowest BCUT2D eigenvalue weighted by molar-refractivity contribution is 0.197. The van der Waals surface area contributed by atoms with E-state index in [4.69, 9.17) is 5.73 Å². The van der Waals surface area contributed by atoms with Gasteiger partial charge >= 0.3 is 6.03 Å². The molecule has 0 saturated carbocycles. The Morgan fingerprint density at radius 2 is 2.43 bits per heavy atom. The number of nitrogen functional groups attached to an aromatic ring is 1. The van der Waals surface area contributed by atoms with Gasteiger partial charge in [0.05, 0.1) is 6.54 Å². The molecule has 0 bridgehead atoms. The summed E-state index contributed by atoms with van der Waals surface area (Å²) in [6.45, 7) is 2.21. The molecule has 1 aromatic heterocycles. The van der Waals surface area contributed by atoms with Crippen molar-refractivity contribution in [3.05, 3.63) is 11.1 Å². The van der Waals surface area contributed by atoms with Crippen molar-refractivity contribution >= 4 is 22.5 Å². The molecule has 1 fully saturated rings. The molecule has 0 radical (unpaired) electrons. The van der Waals surface area contributed by atoms with Crippen molar-refractivity contribution in [2.75, 3.05) is 25.9 Å². The van der Waals surface area contributed by atoms with E-state index in [0.29, 0.717) is 11.7 Å². The third-order valence-corrected chi connectivity index (χ3v) is 3.03. The quantitative estimate of drug-likeness (QED) is 0.780. The van der Waals surface area contributed by atoms with Crippen molar-refractivity contribution < 1.29 is 4.79 Å². The first-order chi connectivity index (χ1) is 6.66. The van der Waals surface area contributed by atoms with Gasteiger partial charge in [-0.1, -0.05) is 0 Å². The fourth-order valence-electron chi connectivity index (χ4n) is 1.43. The molecule has 0 aliphatic carbocycles. The molecule has 1 saturated heterocycles. The Bertz CT molecular complexity index is 351. The van der Waals surface area contributed by atoms with Crippen LogP contribution < -0.4 is 5.73 Å². The van der Waals surface area contributed by atoms with E-state index in [-0.39, 0.29) is 6.03 Å². The Balaban J connectivity index is 2.02. The van der Waals surface area contributed by atoms with Crippen LogP contribution in [0.15, 0.2) is 6.20 Å². The second-order valence-electron chi connectivity index (χ2n) is 3.29. The predicted molar refractivity (Wildman–Crippen MR) is 55.0 cm³/mol. The normalized spacial score (nSPS) is 16.8. The van der Waals surface area contributed by atoms with Gasteiger partial charge in [-0.25, -0.2) is 9.78 Å². The number of hydrogen-bond donors (Lipinski definition) is 1. The fourth-order valence-corrected chi connectivity index (χ4v) is 2.13. The van der Waals surface area contributed by atoms with Gasteiger partial charge in [0.25, 0.3) is 0 Å². The van der Waals surface area contributed by atoms with Gasteiger partial charge in [0.2, 0.25) is 0 Å². The van der Waals surface area contributed by atoms with Crippen LogP contribution in [0.25, 0.3) is 0 Å². The number of likely N-dealkylation sites (N-methyl/N-ethyl adjacent to an activating group) is 1. The fraction of sp³-hybridized carbons (Fsp3) is 0.500. The number of rotatable bonds is 2. The van der Waals surface area contributed by atoms with Crippen molar-refractivity contribution in [2.24, 2.45) is 0 Å². The lowest BCUT2D eigenvalue weighted by Crippen LogP contribution is -2.28. The zero-order valence-corrected chi connectivity index (χ0v) is 8.75. The number of nitrogens with zero attached hydrogens (tertiary/aromatic N) is 3. The number of carbonyl (C=O) groups is 1. The van der Waals surface area contributed by atoms with Crippen molar-refractivity contribution in [3.8, 4) is 0 Å². The SMILES string of the molecule is CN1CCN(Cc2cnc(N)s2)C1=O. The van der Waals surface area contributed by atoms with Crippen molar-refractivity contribution in [1.29, 1.82) is 0 Å². The van der Waals surface area contributed by atoms with Crippen LogP contribution in [0.5, 0.6) is 0 Å². The molecule has 1 aliphatic rings. The lowest BCUT2D eigenvalue weighted by atomic mass is 10.5. The molecule has 2 N–H and O–H groups in total. The van der Waals surface area contributed by atoms with Crippen molar-refractivity contribution in [1.82, 2.24) is 14.8 Å². The third kappa shape index (κ3) is 1.65. The van der Waals surface area contributed by atoms with Crippen LogP contribution in [-0.4, -0.2) is 41.0 Å². The van der Waals surface area contributed by atoms with E-state index in [0.717, 1.165) is 18.0 Å². The summed E-state index contributed by atoms with van der Waals surface area (Å²) >= 11 is 1.43. The summed E-state index contributed by atoms with van der Waals surface area (Å²) in [6, 6.07) is 0.0805. The van der Waals surface area contributed by atoms with Gasteiger partial charge < -0.3 is 15.5 Å². The molecular formula is C8H12N4OS. The van der Waals surface area contributed by atoms with Gasteiger partial charge in [-0.05, 0) is 0 Å². The average Bonchev–Trinajstić information content (AvgIpc) is 2.67. The van der Waals surface area contributed by atoms with Gasteiger partial charge in [-0.2, -0.15) is 0 Å². The molecular weight excluding hydrogens is 200 g/mol. The molecule has 76 valence electrons. The molecule has 5 nitrogen and oxygen atoms in total. The minimum atomic E-state index is 0.0805. The highest BCUT2D eigenvalue weighted by atomic mass is 32.1. The monoisotopic (exact) mass is 212 g/mol. The molecule has 0 spiro atoms. The molecule has 6 heteroatoms. The molecule has 2 rings (SSSR count). The van der Waals surface area contributed by atoms with Crippen LogP contribution >= 0.6 is 11.3 Å². The summed E-state index contributed by atoms with van der Waals surface area (Å²) in [6.07, 6.45) is 1.73. The largest absolute Gasteiger partial charge is 0.375 e. The number of thiazole rings is 1. The summed E-state index contributed by atoms with van der Waals surface area (Å²) in [5.74, 6) is 0. The minimum absolute atomic E-state index is 0.0805. The summed E-state index contributed by atoms with van der Waals surface area (Å²) in [7, 11) is 1.81. The molecule has 0 unspecified atom stereocenters. The molecule has 0 aromatic carbocycles. The first-order valence-corrected chi connectivity index (χ1v) is 5.18. The number of aromatic nitrogens is 1. The maximum Gasteiger partial charge on any atom is 0.320 e. The molecule has 0 atom stereocenters. The molecule has 1 aromatic rings. The summed E-state index contributed by atoms with van der Waals surface area (Å²) < 4.78 is 0. The van der Waals surface area contributed by atoms with Crippen LogP contribution in [0, 0.1) is 0 Å². The van der Waals surface area contributed by atoms with E-state index < -0.39 is 0 Å². The third-order valence-electron chi connectivity index (χ3n) is 2.22. The van der Waals surface area contributed by atoms with E-state index in [2.05, 4.69) is 4.98 Å². The Hall–Kier alpha value is -1.30. The van der Waals surface area contributed by atoms with E-state index in [1.807, 2.05) is 7.05 Å². The van der Waals surface area contributed by atoms with Gasteiger partial charge in [-0.15, -0.1) is 11.3 Å². The molecule has 2 amide bonds. The highest BCUT2D eigenvalue weighted by Crippen LogP contribution is 2.18. The zero-order chi connectivity index (χ0) is 10.1. The van der Waals surface area contributed by atoms with Crippen LogP contribution in [-0.2, 0) is 6.54 Å². The first kappa shape index (κ1) is 9.26. The van der Waals surface area contributed by atoms with Crippen molar-refractivity contribution in [3.63, 3.8) is 0 Å². The predicted octanol–water partition coefficient (Wildman–Crippen LogP) is 0.593. The van der Waals surface area contributed by atoms with E-state index >= 15 is 0 Å². The highest BCUT2D eigenvalue weighted by Gasteiger charge is 2.25.